The Kier molecular flexibility index (Phi) is 5.94. The van der Waals surface area contributed by atoms with E-state index in [2.05, 4.69) is 16.4 Å². The second-order valence-corrected chi connectivity index (χ2v) is 7.46. The van der Waals surface area contributed by atoms with Gasteiger partial charge in [-0.25, -0.2) is 9.37 Å². The van der Waals surface area contributed by atoms with E-state index >= 15 is 0 Å². The first kappa shape index (κ1) is 19.8. The second kappa shape index (κ2) is 8.39. The molecule has 1 aromatic heterocycles. The number of benzene rings is 2. The summed E-state index contributed by atoms with van der Waals surface area (Å²) in [5.41, 5.74) is 3.55. The summed E-state index contributed by atoms with van der Waals surface area (Å²) in [5.74, 6) is -1.24. The number of aryl methyl sites for hydroxylation is 2. The smallest absolute Gasteiger partial charge is 0.221 e. The number of nitrogens with zero attached hydrogens (tertiary/aromatic N) is 2. The number of hydrogen-bond acceptors (Lipinski definition) is 4. The molecule has 0 saturated heterocycles. The molecule has 0 aliphatic heterocycles. The minimum Gasteiger partial charge on any atom is -0.326 e. The van der Waals surface area contributed by atoms with E-state index in [0.717, 1.165) is 22.9 Å². The number of hydrogen-bond donors (Lipinski definition) is 1. The van der Waals surface area contributed by atoms with Crippen molar-refractivity contribution in [2.45, 2.75) is 25.9 Å². The molecule has 0 saturated carbocycles. The number of imidazole rings is 1. The van der Waals surface area contributed by atoms with Gasteiger partial charge in [-0.2, -0.15) is 0 Å². The van der Waals surface area contributed by atoms with Crippen LogP contribution in [0.4, 0.5) is 10.1 Å². The lowest BCUT2D eigenvalue weighted by molar-refractivity contribution is -0.114. The van der Waals surface area contributed by atoms with E-state index in [1.807, 2.05) is 36.7 Å². The first-order valence-corrected chi connectivity index (χ1v) is 9.67. The molecule has 1 heterocycles. The minimum atomic E-state index is -0.658. The Morgan fingerprint density at radius 2 is 1.86 bits per heavy atom. The summed E-state index contributed by atoms with van der Waals surface area (Å²) in [7, 11) is 0. The number of Topliss-reactive ketones (excluding diaryl/α,β-unsaturated/α-hetero) is 1. The fraction of sp³-hybridized carbons (Fsp3) is 0.190. The summed E-state index contributed by atoms with van der Waals surface area (Å²) in [6.45, 7) is 5.39. The topological polar surface area (TPSA) is 64.0 Å². The van der Waals surface area contributed by atoms with E-state index in [1.165, 1.54) is 30.8 Å². The fourth-order valence-corrected chi connectivity index (χ4v) is 3.77. The van der Waals surface area contributed by atoms with Gasteiger partial charge in [0.1, 0.15) is 5.82 Å². The normalized spacial score (nSPS) is 10.7. The van der Waals surface area contributed by atoms with E-state index in [4.69, 9.17) is 0 Å². The highest BCUT2D eigenvalue weighted by Crippen LogP contribution is 2.24. The molecule has 0 radical (unpaired) electrons. The van der Waals surface area contributed by atoms with Crippen LogP contribution >= 0.6 is 11.8 Å². The highest BCUT2D eigenvalue weighted by atomic mass is 32.2. The molecule has 1 amide bonds. The number of carbonyl (C=O) groups is 2. The molecule has 0 fully saturated rings. The predicted molar refractivity (Wildman–Crippen MR) is 109 cm³/mol. The van der Waals surface area contributed by atoms with Gasteiger partial charge < -0.3 is 5.32 Å². The average Bonchev–Trinajstić information content (AvgIpc) is 3.07. The molecule has 0 aliphatic carbocycles. The number of anilines is 1. The minimum absolute atomic E-state index is 0.00823. The van der Waals surface area contributed by atoms with Gasteiger partial charge in [-0.3, -0.25) is 14.2 Å². The molecule has 0 aliphatic rings. The molecule has 3 rings (SSSR count). The van der Waals surface area contributed by atoms with Gasteiger partial charge in [-0.1, -0.05) is 17.8 Å². The van der Waals surface area contributed by atoms with Crippen molar-refractivity contribution in [3.63, 3.8) is 0 Å². The average molecular weight is 397 g/mol. The quantitative estimate of drug-likeness (QED) is 0.489. The molecule has 7 heteroatoms. The second-order valence-electron chi connectivity index (χ2n) is 6.51. The largest absolute Gasteiger partial charge is 0.326 e. The number of halogens is 1. The van der Waals surface area contributed by atoms with Gasteiger partial charge in [0.2, 0.25) is 5.91 Å². The third kappa shape index (κ3) is 4.67. The van der Waals surface area contributed by atoms with E-state index in [0.29, 0.717) is 10.8 Å². The summed E-state index contributed by atoms with van der Waals surface area (Å²) in [4.78, 5) is 27.8. The third-order valence-electron chi connectivity index (χ3n) is 4.01. The van der Waals surface area contributed by atoms with Crippen molar-refractivity contribution < 1.29 is 14.0 Å². The zero-order chi connectivity index (χ0) is 20.3. The Morgan fingerprint density at radius 3 is 2.50 bits per heavy atom. The third-order valence-corrected chi connectivity index (χ3v) is 4.98. The van der Waals surface area contributed by atoms with Crippen molar-refractivity contribution in [2.75, 3.05) is 11.1 Å². The number of aromatic nitrogens is 2. The van der Waals surface area contributed by atoms with Crippen LogP contribution in [0.25, 0.3) is 5.69 Å². The van der Waals surface area contributed by atoms with Crippen molar-refractivity contribution in [2.24, 2.45) is 0 Å². The number of thioether (sulfide) groups is 1. The summed E-state index contributed by atoms with van der Waals surface area (Å²) in [6.07, 6.45) is 3.51. The molecule has 0 atom stereocenters. The predicted octanol–water partition coefficient (Wildman–Crippen LogP) is 4.56. The van der Waals surface area contributed by atoms with E-state index in [-0.39, 0.29) is 23.0 Å². The fourth-order valence-electron chi connectivity index (χ4n) is 2.91. The van der Waals surface area contributed by atoms with Crippen LogP contribution in [0.2, 0.25) is 0 Å². The van der Waals surface area contributed by atoms with Gasteiger partial charge in [-0.05, 0) is 55.3 Å². The van der Waals surface area contributed by atoms with Gasteiger partial charge in [0.25, 0.3) is 0 Å². The molecular weight excluding hydrogens is 377 g/mol. The standard InChI is InChI=1S/C21H20FN3O2S/c1-13-8-14(2)10-17(9-13)25-7-6-23-21(25)28-12-20(27)18-5-4-16(11-19(18)22)24-15(3)26/h4-11H,12H2,1-3H3,(H,24,26). The van der Waals surface area contributed by atoms with Crippen LogP contribution in [0.1, 0.15) is 28.4 Å². The molecule has 28 heavy (non-hydrogen) atoms. The lowest BCUT2D eigenvalue weighted by Crippen LogP contribution is -2.09. The van der Waals surface area contributed by atoms with Crippen molar-refractivity contribution >= 4 is 29.1 Å². The maximum absolute atomic E-state index is 14.2. The molecule has 0 unspecified atom stereocenters. The number of nitrogens with one attached hydrogen (secondary N) is 1. The Bertz CT molecular complexity index is 1030. The van der Waals surface area contributed by atoms with Gasteiger partial charge in [-0.15, -0.1) is 0 Å². The van der Waals surface area contributed by atoms with Crippen LogP contribution in [-0.4, -0.2) is 27.0 Å². The first-order valence-electron chi connectivity index (χ1n) is 8.68. The van der Waals surface area contributed by atoms with E-state index < -0.39 is 5.82 Å². The van der Waals surface area contributed by atoms with Gasteiger partial charge in [0, 0.05) is 30.7 Å². The number of ketones is 1. The van der Waals surface area contributed by atoms with Crippen molar-refractivity contribution in [1.82, 2.24) is 9.55 Å². The lowest BCUT2D eigenvalue weighted by Gasteiger charge is -2.10. The van der Waals surface area contributed by atoms with E-state index in [1.54, 1.807) is 6.20 Å². The van der Waals surface area contributed by atoms with Gasteiger partial charge in [0.05, 0.1) is 11.3 Å². The van der Waals surface area contributed by atoms with Crippen molar-refractivity contribution in [3.8, 4) is 5.69 Å². The molecular formula is C21H20FN3O2S. The Hall–Kier alpha value is -2.93. The first-order chi connectivity index (χ1) is 13.3. The summed E-state index contributed by atoms with van der Waals surface area (Å²) < 4.78 is 16.2. The van der Waals surface area contributed by atoms with Crippen LogP contribution in [0.5, 0.6) is 0 Å². The van der Waals surface area contributed by atoms with Crippen LogP contribution in [0, 0.1) is 19.7 Å². The van der Waals surface area contributed by atoms with Crippen molar-refractivity contribution in [3.05, 3.63) is 71.3 Å². The Balaban J connectivity index is 1.74. The summed E-state index contributed by atoms with van der Waals surface area (Å²) in [5, 5.41) is 3.15. The SMILES string of the molecule is CC(=O)Nc1ccc(C(=O)CSc2nccn2-c2cc(C)cc(C)c2)c(F)c1. The highest BCUT2D eigenvalue weighted by molar-refractivity contribution is 7.99. The maximum atomic E-state index is 14.2. The lowest BCUT2D eigenvalue weighted by atomic mass is 10.1. The molecule has 5 nitrogen and oxygen atoms in total. The summed E-state index contributed by atoms with van der Waals surface area (Å²) >= 11 is 1.25. The zero-order valence-corrected chi connectivity index (χ0v) is 16.6. The monoisotopic (exact) mass is 397 g/mol. The number of rotatable bonds is 6. The Morgan fingerprint density at radius 1 is 1.14 bits per heavy atom. The molecule has 0 spiro atoms. The number of amides is 1. The number of carbonyl (C=O) groups excluding carboxylic acids is 2. The Labute approximate surface area is 167 Å². The summed E-state index contributed by atoms with van der Waals surface area (Å²) in [6, 6.07) is 10.2. The zero-order valence-electron chi connectivity index (χ0n) is 15.8. The van der Waals surface area contributed by atoms with Crippen LogP contribution in [-0.2, 0) is 4.79 Å². The maximum Gasteiger partial charge on any atom is 0.221 e. The van der Waals surface area contributed by atoms with Crippen LogP contribution < -0.4 is 5.32 Å². The highest BCUT2D eigenvalue weighted by Gasteiger charge is 2.15. The molecule has 144 valence electrons. The van der Waals surface area contributed by atoms with Crippen LogP contribution in [0.3, 0.4) is 0 Å². The molecule has 3 aromatic rings. The van der Waals surface area contributed by atoms with E-state index in [9.17, 15) is 14.0 Å². The molecule has 2 aromatic carbocycles. The molecule has 1 N–H and O–H groups in total. The molecule has 0 bridgehead atoms. The van der Waals surface area contributed by atoms with Crippen molar-refractivity contribution in [1.29, 1.82) is 0 Å². The van der Waals surface area contributed by atoms with Crippen LogP contribution in [0.15, 0.2) is 53.9 Å². The van der Waals surface area contributed by atoms with Gasteiger partial charge >= 0.3 is 0 Å². The van der Waals surface area contributed by atoms with Gasteiger partial charge in [0.15, 0.2) is 10.9 Å².